The van der Waals surface area contributed by atoms with Gasteiger partial charge in [-0.1, -0.05) is 0 Å². The topological polar surface area (TPSA) is 93.9 Å². The number of piperidine rings is 1. The average Bonchev–Trinajstić information content (AvgIpc) is 3.21. The summed E-state index contributed by atoms with van der Waals surface area (Å²) in [4.78, 5) is 23.6. The first-order valence-electron chi connectivity index (χ1n) is 9.80. The first-order valence-corrected chi connectivity index (χ1v) is 9.80. The van der Waals surface area contributed by atoms with E-state index >= 15 is 0 Å². The third-order valence-electron chi connectivity index (χ3n) is 5.36. The van der Waals surface area contributed by atoms with Crippen LogP contribution in [0, 0.1) is 12.8 Å². The number of fused-ring (bicyclic) bond motifs is 2. The molecule has 2 aliphatic rings. The number of anilines is 2. The highest BCUT2D eigenvalue weighted by Gasteiger charge is 2.27. The van der Waals surface area contributed by atoms with Gasteiger partial charge in [0.2, 0.25) is 5.91 Å². The maximum atomic E-state index is 12.8. The number of hydrogen-bond acceptors (Lipinski definition) is 7. The van der Waals surface area contributed by atoms with Gasteiger partial charge in [-0.3, -0.25) is 4.79 Å². The number of nitrogens with one attached hydrogen (secondary N) is 1. The van der Waals surface area contributed by atoms with Gasteiger partial charge in [0.15, 0.2) is 11.5 Å². The molecule has 0 saturated carbocycles. The monoisotopic (exact) mass is 394 g/mol. The Labute approximate surface area is 167 Å². The van der Waals surface area contributed by atoms with Crippen LogP contribution in [0.2, 0.25) is 0 Å². The SMILES string of the molecule is Cc1cc(N2CCC(C(=O)Nc3ccc4c(c3)OCCO4)CC2)n2ncnc2n1. The molecule has 2 aliphatic heterocycles. The standard InChI is InChI=1S/C20H22N6O3/c1-13-10-18(26-20(23-13)21-12-22-26)25-6-4-14(5-7-25)19(27)24-15-2-3-16-17(11-15)29-9-8-28-16/h2-3,10-12,14H,4-9H2,1H3,(H,24,27). The molecule has 1 N–H and O–H groups in total. The highest BCUT2D eigenvalue weighted by molar-refractivity contribution is 5.93. The van der Waals surface area contributed by atoms with Crippen molar-refractivity contribution in [3.63, 3.8) is 0 Å². The van der Waals surface area contributed by atoms with Crippen LogP contribution in [0.5, 0.6) is 11.5 Å². The second kappa shape index (κ2) is 7.23. The lowest BCUT2D eigenvalue weighted by molar-refractivity contribution is -0.120. The lowest BCUT2D eigenvalue weighted by atomic mass is 9.95. The fraction of sp³-hybridized carbons (Fsp3) is 0.400. The van der Waals surface area contributed by atoms with Crippen LogP contribution in [0.15, 0.2) is 30.6 Å². The molecule has 4 heterocycles. The van der Waals surface area contributed by atoms with E-state index in [1.54, 1.807) is 4.52 Å². The van der Waals surface area contributed by atoms with E-state index in [-0.39, 0.29) is 11.8 Å². The molecule has 3 aromatic rings. The minimum Gasteiger partial charge on any atom is -0.486 e. The van der Waals surface area contributed by atoms with Gasteiger partial charge in [-0.25, -0.2) is 4.98 Å². The van der Waals surface area contributed by atoms with Crippen molar-refractivity contribution in [2.45, 2.75) is 19.8 Å². The molecular weight excluding hydrogens is 372 g/mol. The zero-order chi connectivity index (χ0) is 19.8. The van der Waals surface area contributed by atoms with Crippen LogP contribution in [0.1, 0.15) is 18.5 Å². The van der Waals surface area contributed by atoms with E-state index in [9.17, 15) is 4.79 Å². The Morgan fingerprint density at radius 2 is 1.93 bits per heavy atom. The summed E-state index contributed by atoms with van der Waals surface area (Å²) in [5, 5.41) is 7.30. The molecule has 1 amide bonds. The number of amides is 1. The number of carbonyl (C=O) groups is 1. The lowest BCUT2D eigenvalue weighted by Crippen LogP contribution is -2.39. The smallest absolute Gasteiger partial charge is 0.254 e. The van der Waals surface area contributed by atoms with Crippen LogP contribution >= 0.6 is 0 Å². The van der Waals surface area contributed by atoms with Crippen molar-refractivity contribution in [3.05, 3.63) is 36.3 Å². The molecule has 9 heteroatoms. The quantitative estimate of drug-likeness (QED) is 0.727. The lowest BCUT2D eigenvalue weighted by Gasteiger charge is -2.32. The molecular formula is C20H22N6O3. The summed E-state index contributed by atoms with van der Waals surface area (Å²) < 4.78 is 12.9. The first-order chi connectivity index (χ1) is 14.2. The summed E-state index contributed by atoms with van der Waals surface area (Å²) in [6.07, 6.45) is 3.06. The Bertz CT molecular complexity index is 1060. The van der Waals surface area contributed by atoms with Gasteiger partial charge in [0.1, 0.15) is 25.4 Å². The Balaban J connectivity index is 1.24. The number of rotatable bonds is 3. The van der Waals surface area contributed by atoms with Crippen molar-refractivity contribution in [1.29, 1.82) is 0 Å². The molecule has 2 aromatic heterocycles. The number of nitrogens with zero attached hydrogens (tertiary/aromatic N) is 5. The predicted octanol–water partition coefficient (Wildman–Crippen LogP) is 2.06. The van der Waals surface area contributed by atoms with Crippen LogP contribution in [0.3, 0.4) is 0 Å². The second-order valence-corrected chi connectivity index (χ2v) is 7.34. The van der Waals surface area contributed by atoms with E-state index in [1.165, 1.54) is 6.33 Å². The van der Waals surface area contributed by atoms with E-state index in [4.69, 9.17) is 9.47 Å². The molecule has 29 heavy (non-hydrogen) atoms. The Morgan fingerprint density at radius 3 is 2.76 bits per heavy atom. The maximum Gasteiger partial charge on any atom is 0.254 e. The number of aryl methyl sites for hydroxylation is 1. The van der Waals surface area contributed by atoms with Crippen molar-refractivity contribution in [2.75, 3.05) is 36.5 Å². The highest BCUT2D eigenvalue weighted by atomic mass is 16.6. The molecule has 0 aliphatic carbocycles. The van der Waals surface area contributed by atoms with Gasteiger partial charge in [-0.05, 0) is 31.9 Å². The minimum absolute atomic E-state index is 0.0337. The number of hydrogen-bond donors (Lipinski definition) is 1. The van der Waals surface area contributed by atoms with Crippen molar-refractivity contribution in [2.24, 2.45) is 5.92 Å². The normalized spacial score (nSPS) is 16.8. The summed E-state index contributed by atoms with van der Waals surface area (Å²) in [6.45, 7) is 4.58. The van der Waals surface area contributed by atoms with Gasteiger partial charge in [0.25, 0.3) is 5.78 Å². The zero-order valence-corrected chi connectivity index (χ0v) is 16.2. The second-order valence-electron chi connectivity index (χ2n) is 7.34. The Kier molecular flexibility index (Phi) is 4.42. The van der Waals surface area contributed by atoms with Crippen LogP contribution in [0.25, 0.3) is 5.78 Å². The summed E-state index contributed by atoms with van der Waals surface area (Å²) in [5.74, 6) is 2.96. The summed E-state index contributed by atoms with van der Waals surface area (Å²) >= 11 is 0. The van der Waals surface area contributed by atoms with Gasteiger partial charge in [0.05, 0.1) is 0 Å². The first kappa shape index (κ1) is 17.7. The fourth-order valence-corrected chi connectivity index (χ4v) is 3.87. The highest BCUT2D eigenvalue weighted by Crippen LogP contribution is 2.33. The molecule has 150 valence electrons. The zero-order valence-electron chi connectivity index (χ0n) is 16.2. The molecule has 1 aromatic carbocycles. The van der Waals surface area contributed by atoms with Gasteiger partial charge in [0, 0.05) is 42.5 Å². The largest absolute Gasteiger partial charge is 0.486 e. The molecule has 0 atom stereocenters. The van der Waals surface area contributed by atoms with E-state index < -0.39 is 0 Å². The minimum atomic E-state index is -0.0337. The average molecular weight is 394 g/mol. The van der Waals surface area contributed by atoms with E-state index in [0.717, 1.165) is 48.9 Å². The van der Waals surface area contributed by atoms with Crippen molar-refractivity contribution in [3.8, 4) is 11.5 Å². The van der Waals surface area contributed by atoms with E-state index in [0.29, 0.717) is 24.7 Å². The van der Waals surface area contributed by atoms with Crippen molar-refractivity contribution < 1.29 is 14.3 Å². The summed E-state index contributed by atoms with van der Waals surface area (Å²) in [5.41, 5.74) is 1.63. The predicted molar refractivity (Wildman–Crippen MR) is 107 cm³/mol. The summed E-state index contributed by atoms with van der Waals surface area (Å²) in [6, 6.07) is 7.52. The van der Waals surface area contributed by atoms with Crippen molar-refractivity contribution >= 4 is 23.2 Å². The third kappa shape index (κ3) is 3.43. The van der Waals surface area contributed by atoms with Crippen LogP contribution < -0.4 is 19.7 Å². The third-order valence-corrected chi connectivity index (χ3v) is 5.36. The van der Waals surface area contributed by atoms with Crippen LogP contribution in [0.4, 0.5) is 11.5 Å². The van der Waals surface area contributed by atoms with E-state index in [1.807, 2.05) is 31.2 Å². The van der Waals surface area contributed by atoms with Gasteiger partial charge >= 0.3 is 0 Å². The fourth-order valence-electron chi connectivity index (χ4n) is 3.87. The molecule has 9 nitrogen and oxygen atoms in total. The van der Waals surface area contributed by atoms with Crippen LogP contribution in [-0.4, -0.2) is 51.8 Å². The Hall–Kier alpha value is -3.36. The Morgan fingerprint density at radius 1 is 1.14 bits per heavy atom. The van der Waals surface area contributed by atoms with Gasteiger partial charge in [-0.2, -0.15) is 14.6 Å². The van der Waals surface area contributed by atoms with Crippen LogP contribution in [-0.2, 0) is 4.79 Å². The molecule has 0 radical (unpaired) electrons. The number of aromatic nitrogens is 4. The van der Waals surface area contributed by atoms with E-state index in [2.05, 4.69) is 25.3 Å². The summed E-state index contributed by atoms with van der Waals surface area (Å²) in [7, 11) is 0. The van der Waals surface area contributed by atoms with Crippen molar-refractivity contribution in [1.82, 2.24) is 19.6 Å². The molecule has 0 unspecified atom stereocenters. The molecule has 1 fully saturated rings. The van der Waals surface area contributed by atoms with Gasteiger partial charge in [-0.15, -0.1) is 0 Å². The molecule has 0 spiro atoms. The molecule has 1 saturated heterocycles. The number of ether oxygens (including phenoxy) is 2. The molecule has 0 bridgehead atoms. The van der Waals surface area contributed by atoms with Gasteiger partial charge < -0.3 is 19.7 Å². The molecule has 5 rings (SSSR count). The maximum absolute atomic E-state index is 12.8. The number of benzene rings is 1. The number of carbonyl (C=O) groups excluding carboxylic acids is 1.